The van der Waals surface area contributed by atoms with Gasteiger partial charge in [0.05, 0.1) is 0 Å². The van der Waals surface area contributed by atoms with Crippen LogP contribution in [-0.4, -0.2) is 37.1 Å². The molecule has 0 heterocycles. The fraction of sp³-hybridized carbons (Fsp3) is 1.00. The molecule has 1 aliphatic carbocycles. The van der Waals surface area contributed by atoms with E-state index in [0.717, 1.165) is 18.5 Å². The average Bonchev–Trinajstić information content (AvgIpc) is 2.18. The van der Waals surface area contributed by atoms with Crippen molar-refractivity contribution in [2.24, 2.45) is 5.92 Å². The molecule has 0 bridgehead atoms. The van der Waals surface area contributed by atoms with E-state index in [0.29, 0.717) is 0 Å². The van der Waals surface area contributed by atoms with Crippen LogP contribution in [0.15, 0.2) is 0 Å². The van der Waals surface area contributed by atoms with E-state index in [-0.39, 0.29) is 5.54 Å². The zero-order chi connectivity index (χ0) is 11.5. The highest BCUT2D eigenvalue weighted by Crippen LogP contribution is 2.26. The predicted octanol–water partition coefficient (Wildman–Crippen LogP) is 2.49. The molecule has 0 spiro atoms. The quantitative estimate of drug-likeness (QED) is 0.770. The topological polar surface area (TPSA) is 15.3 Å². The lowest BCUT2D eigenvalue weighted by molar-refractivity contribution is 0.138. The Balaban J connectivity index is 2.37. The largest absolute Gasteiger partial charge is 0.314 e. The van der Waals surface area contributed by atoms with Crippen molar-refractivity contribution in [2.45, 2.75) is 58.0 Å². The van der Waals surface area contributed by atoms with Crippen LogP contribution in [0.25, 0.3) is 0 Å². The van der Waals surface area contributed by atoms with E-state index in [1.807, 2.05) is 0 Å². The Morgan fingerprint density at radius 2 is 1.73 bits per heavy atom. The van der Waals surface area contributed by atoms with Gasteiger partial charge < -0.3 is 10.2 Å². The highest BCUT2D eigenvalue weighted by atomic mass is 15.2. The molecule has 0 amide bonds. The van der Waals surface area contributed by atoms with Crippen LogP contribution in [0.5, 0.6) is 0 Å². The van der Waals surface area contributed by atoms with Crippen molar-refractivity contribution in [3.63, 3.8) is 0 Å². The highest BCUT2D eigenvalue weighted by Gasteiger charge is 2.25. The highest BCUT2D eigenvalue weighted by molar-refractivity contribution is 4.84. The molecule has 0 saturated heterocycles. The minimum atomic E-state index is 0.234. The van der Waals surface area contributed by atoms with Crippen LogP contribution in [0, 0.1) is 5.92 Å². The smallest absolute Gasteiger partial charge is 0.0249 e. The summed E-state index contributed by atoms with van der Waals surface area (Å²) in [5, 5.41) is 3.38. The summed E-state index contributed by atoms with van der Waals surface area (Å²) in [6.07, 6.45) is 5.60. The Kier molecular flexibility index (Phi) is 4.60. The average molecular weight is 212 g/mol. The maximum Gasteiger partial charge on any atom is 0.0249 e. The van der Waals surface area contributed by atoms with Gasteiger partial charge in [-0.05, 0) is 59.5 Å². The van der Waals surface area contributed by atoms with E-state index in [4.69, 9.17) is 0 Å². The lowest BCUT2D eigenvalue weighted by Gasteiger charge is -2.38. The van der Waals surface area contributed by atoms with Gasteiger partial charge in [0.25, 0.3) is 0 Å². The van der Waals surface area contributed by atoms with Crippen LogP contribution in [0.4, 0.5) is 0 Å². The van der Waals surface area contributed by atoms with Crippen LogP contribution in [0.1, 0.15) is 46.5 Å². The number of hydrogen-bond donors (Lipinski definition) is 1. The minimum Gasteiger partial charge on any atom is -0.314 e. The lowest BCUT2D eigenvalue weighted by atomic mass is 9.86. The van der Waals surface area contributed by atoms with Crippen molar-refractivity contribution < 1.29 is 0 Å². The molecule has 0 aromatic heterocycles. The predicted molar refractivity (Wildman–Crippen MR) is 67.2 cm³/mol. The molecular weight excluding hydrogens is 184 g/mol. The molecule has 0 unspecified atom stereocenters. The third kappa shape index (κ3) is 4.12. The van der Waals surface area contributed by atoms with E-state index in [2.05, 4.69) is 45.1 Å². The Morgan fingerprint density at radius 3 is 2.20 bits per heavy atom. The first kappa shape index (κ1) is 13.0. The van der Waals surface area contributed by atoms with Gasteiger partial charge in [-0.1, -0.05) is 6.92 Å². The van der Waals surface area contributed by atoms with Crippen LogP contribution >= 0.6 is 0 Å². The van der Waals surface area contributed by atoms with Gasteiger partial charge in [0.1, 0.15) is 0 Å². The van der Waals surface area contributed by atoms with E-state index >= 15 is 0 Å². The second kappa shape index (κ2) is 5.31. The van der Waals surface area contributed by atoms with E-state index in [1.54, 1.807) is 0 Å². The second-order valence-electron chi connectivity index (χ2n) is 5.96. The van der Waals surface area contributed by atoms with E-state index in [1.165, 1.54) is 25.7 Å². The minimum absolute atomic E-state index is 0.234. The normalized spacial score (nSPS) is 28.4. The molecule has 2 heteroatoms. The first-order valence-corrected chi connectivity index (χ1v) is 6.34. The van der Waals surface area contributed by atoms with Crippen molar-refractivity contribution in [3.8, 4) is 0 Å². The molecule has 1 rings (SSSR count). The van der Waals surface area contributed by atoms with Gasteiger partial charge in [-0.2, -0.15) is 0 Å². The van der Waals surface area contributed by atoms with Crippen molar-refractivity contribution in [1.82, 2.24) is 10.2 Å². The fourth-order valence-electron chi connectivity index (χ4n) is 2.51. The third-order valence-corrected chi connectivity index (χ3v) is 3.93. The number of rotatable bonds is 4. The summed E-state index contributed by atoms with van der Waals surface area (Å²) in [7, 11) is 4.33. The molecule has 15 heavy (non-hydrogen) atoms. The van der Waals surface area contributed by atoms with Crippen molar-refractivity contribution in [3.05, 3.63) is 0 Å². The number of nitrogens with one attached hydrogen (secondary N) is 1. The summed E-state index contributed by atoms with van der Waals surface area (Å²) in [5.41, 5.74) is 0.234. The fourth-order valence-corrected chi connectivity index (χ4v) is 2.51. The zero-order valence-electron chi connectivity index (χ0n) is 11.1. The van der Waals surface area contributed by atoms with Gasteiger partial charge in [-0.25, -0.2) is 0 Å². The first-order chi connectivity index (χ1) is 6.94. The lowest BCUT2D eigenvalue weighted by Crippen LogP contribution is -2.49. The number of nitrogens with zero attached hydrogens (tertiary/aromatic N) is 1. The molecule has 1 N–H and O–H groups in total. The summed E-state index contributed by atoms with van der Waals surface area (Å²) in [5.74, 6) is 0.951. The van der Waals surface area contributed by atoms with Gasteiger partial charge >= 0.3 is 0 Å². The molecule has 1 aliphatic rings. The number of hydrogen-bond acceptors (Lipinski definition) is 2. The maximum absolute atomic E-state index is 3.38. The Hall–Kier alpha value is -0.0800. The molecule has 0 aromatic carbocycles. The van der Waals surface area contributed by atoms with Crippen LogP contribution in [0.3, 0.4) is 0 Å². The Labute approximate surface area is 95.4 Å². The molecular formula is C13H28N2. The van der Waals surface area contributed by atoms with Gasteiger partial charge in [-0.3, -0.25) is 0 Å². The van der Waals surface area contributed by atoms with Crippen molar-refractivity contribution in [2.75, 3.05) is 20.6 Å². The zero-order valence-corrected chi connectivity index (χ0v) is 11.1. The summed E-state index contributed by atoms with van der Waals surface area (Å²) < 4.78 is 0. The standard InChI is InChI=1S/C13H28N2/c1-11-6-8-12(9-7-11)15(5)10-13(2,3)14-4/h11-12,14H,6-10H2,1-5H3. The summed E-state index contributed by atoms with van der Waals surface area (Å²) in [6.45, 7) is 8.07. The van der Waals surface area contributed by atoms with Crippen LogP contribution < -0.4 is 5.32 Å². The van der Waals surface area contributed by atoms with Crippen molar-refractivity contribution >= 4 is 0 Å². The summed E-state index contributed by atoms with van der Waals surface area (Å²) in [6, 6.07) is 0.814. The molecule has 1 saturated carbocycles. The molecule has 0 aromatic rings. The van der Waals surface area contributed by atoms with Crippen LogP contribution in [0.2, 0.25) is 0 Å². The van der Waals surface area contributed by atoms with E-state index < -0.39 is 0 Å². The molecule has 1 fully saturated rings. The Bertz CT molecular complexity index is 181. The molecule has 0 radical (unpaired) electrons. The molecule has 2 nitrogen and oxygen atoms in total. The monoisotopic (exact) mass is 212 g/mol. The van der Waals surface area contributed by atoms with Gasteiger partial charge in [0.2, 0.25) is 0 Å². The summed E-state index contributed by atoms with van der Waals surface area (Å²) in [4.78, 5) is 2.54. The third-order valence-electron chi connectivity index (χ3n) is 3.93. The molecule has 90 valence electrons. The molecule has 0 aliphatic heterocycles. The van der Waals surface area contributed by atoms with Gasteiger partial charge in [-0.15, -0.1) is 0 Å². The van der Waals surface area contributed by atoms with Crippen molar-refractivity contribution in [1.29, 1.82) is 0 Å². The van der Waals surface area contributed by atoms with Gasteiger partial charge in [0, 0.05) is 18.1 Å². The second-order valence-corrected chi connectivity index (χ2v) is 5.96. The number of likely N-dealkylation sites (N-methyl/N-ethyl adjacent to an activating group) is 2. The summed E-state index contributed by atoms with van der Waals surface area (Å²) >= 11 is 0. The first-order valence-electron chi connectivity index (χ1n) is 6.34. The SMILES string of the molecule is CNC(C)(C)CN(C)C1CCC(C)CC1. The van der Waals surface area contributed by atoms with Crippen LogP contribution in [-0.2, 0) is 0 Å². The van der Waals surface area contributed by atoms with E-state index in [9.17, 15) is 0 Å². The van der Waals surface area contributed by atoms with Gasteiger partial charge in [0.15, 0.2) is 0 Å². The molecule has 0 atom stereocenters. The Morgan fingerprint density at radius 1 is 1.20 bits per heavy atom. The maximum atomic E-state index is 3.38.